The molecule has 0 aliphatic heterocycles. The summed E-state index contributed by atoms with van der Waals surface area (Å²) >= 11 is 0. The normalized spacial score (nSPS) is 14.9. The van der Waals surface area contributed by atoms with Gasteiger partial charge in [0.05, 0.1) is 6.04 Å². The first-order chi connectivity index (χ1) is 12.2. The number of amides is 1. The van der Waals surface area contributed by atoms with Crippen LogP contribution in [0, 0.1) is 0 Å². The number of carbonyl (C=O) groups excluding carboxylic acids is 1. The van der Waals surface area contributed by atoms with Gasteiger partial charge in [-0.2, -0.15) is 0 Å². The second-order valence-electron chi connectivity index (χ2n) is 6.82. The number of aryl methyl sites for hydroxylation is 2. The minimum Gasteiger partial charge on any atom is -0.451 e. The van der Waals surface area contributed by atoms with Crippen LogP contribution in [0.15, 0.2) is 52.9 Å². The average Bonchev–Trinajstić information content (AvgIpc) is 3.10. The van der Waals surface area contributed by atoms with Crippen LogP contribution in [-0.2, 0) is 12.8 Å². The van der Waals surface area contributed by atoms with E-state index >= 15 is 0 Å². The summed E-state index contributed by atoms with van der Waals surface area (Å²) in [5.41, 5.74) is 4.84. The van der Waals surface area contributed by atoms with Crippen molar-refractivity contribution in [3.8, 4) is 0 Å². The predicted octanol–water partition coefficient (Wildman–Crippen LogP) is 5.19. The maximum atomic E-state index is 12.6. The van der Waals surface area contributed by atoms with Crippen molar-refractivity contribution < 1.29 is 9.21 Å². The zero-order valence-corrected chi connectivity index (χ0v) is 14.5. The summed E-state index contributed by atoms with van der Waals surface area (Å²) in [7, 11) is 0. The lowest BCUT2D eigenvalue weighted by atomic mass is 9.89. The molecule has 1 amide bonds. The molecular weight excluding hydrogens is 310 g/mol. The van der Waals surface area contributed by atoms with Crippen LogP contribution in [0.4, 0.5) is 0 Å². The molecule has 2 aromatic carbocycles. The van der Waals surface area contributed by atoms with E-state index in [0.717, 1.165) is 23.8 Å². The minimum atomic E-state index is -0.152. The fourth-order valence-electron chi connectivity index (χ4n) is 3.71. The first kappa shape index (κ1) is 15.9. The first-order valence-corrected chi connectivity index (χ1v) is 9.15. The minimum absolute atomic E-state index is 0.00735. The summed E-state index contributed by atoms with van der Waals surface area (Å²) in [4.78, 5) is 12.6. The van der Waals surface area contributed by atoms with Crippen molar-refractivity contribution >= 4 is 16.9 Å². The lowest BCUT2D eigenvalue weighted by molar-refractivity contribution is 0.0909. The van der Waals surface area contributed by atoms with E-state index in [0.29, 0.717) is 5.76 Å². The van der Waals surface area contributed by atoms with E-state index in [-0.39, 0.29) is 11.9 Å². The summed E-state index contributed by atoms with van der Waals surface area (Å²) in [6.45, 7) is 2.10. The number of fused-ring (bicyclic) bond motifs is 2. The van der Waals surface area contributed by atoms with Gasteiger partial charge in [-0.1, -0.05) is 43.3 Å². The number of hydrogen-bond acceptors (Lipinski definition) is 2. The van der Waals surface area contributed by atoms with Crippen molar-refractivity contribution in [2.45, 2.75) is 45.1 Å². The highest BCUT2D eigenvalue weighted by atomic mass is 16.3. The Hall–Kier alpha value is -2.55. The molecule has 128 valence electrons. The Morgan fingerprint density at radius 3 is 2.68 bits per heavy atom. The molecule has 3 nitrogen and oxygen atoms in total. The van der Waals surface area contributed by atoms with Gasteiger partial charge in [-0.25, -0.2) is 0 Å². The molecule has 25 heavy (non-hydrogen) atoms. The van der Waals surface area contributed by atoms with Gasteiger partial charge in [-0.3, -0.25) is 4.79 Å². The molecule has 1 atom stereocenters. The SMILES string of the molecule is CC[C@H](NC(=O)c1cc2ccccc2o1)c1ccc2c(c1)CCCC2. The Kier molecular flexibility index (Phi) is 4.31. The largest absolute Gasteiger partial charge is 0.451 e. The van der Waals surface area contributed by atoms with E-state index < -0.39 is 0 Å². The molecule has 0 fully saturated rings. The summed E-state index contributed by atoms with van der Waals surface area (Å²) in [6.07, 6.45) is 5.73. The number of benzene rings is 2. The van der Waals surface area contributed by atoms with Crippen molar-refractivity contribution in [2.75, 3.05) is 0 Å². The molecule has 0 saturated heterocycles. The third kappa shape index (κ3) is 3.19. The molecule has 0 saturated carbocycles. The average molecular weight is 333 g/mol. The van der Waals surface area contributed by atoms with Crippen molar-refractivity contribution in [1.29, 1.82) is 0 Å². The van der Waals surface area contributed by atoms with Gasteiger partial charge in [-0.15, -0.1) is 0 Å². The fraction of sp³-hybridized carbons (Fsp3) is 0.318. The Morgan fingerprint density at radius 2 is 1.88 bits per heavy atom. The van der Waals surface area contributed by atoms with Crippen molar-refractivity contribution in [2.24, 2.45) is 0 Å². The topological polar surface area (TPSA) is 42.2 Å². The van der Waals surface area contributed by atoms with E-state index in [1.54, 1.807) is 0 Å². The molecule has 0 bridgehead atoms. The molecule has 0 unspecified atom stereocenters. The van der Waals surface area contributed by atoms with Gasteiger partial charge in [0.2, 0.25) is 0 Å². The highest BCUT2D eigenvalue weighted by Crippen LogP contribution is 2.27. The third-order valence-electron chi connectivity index (χ3n) is 5.14. The van der Waals surface area contributed by atoms with Gasteiger partial charge in [0.15, 0.2) is 5.76 Å². The molecule has 3 heteroatoms. The molecule has 1 N–H and O–H groups in total. The van der Waals surface area contributed by atoms with Crippen LogP contribution in [0.3, 0.4) is 0 Å². The number of furan rings is 1. The Bertz CT molecular complexity index is 876. The Labute approximate surface area is 148 Å². The van der Waals surface area contributed by atoms with E-state index in [4.69, 9.17) is 4.42 Å². The summed E-state index contributed by atoms with van der Waals surface area (Å²) < 4.78 is 5.69. The van der Waals surface area contributed by atoms with Gasteiger partial charge in [-0.05, 0) is 60.9 Å². The first-order valence-electron chi connectivity index (χ1n) is 9.15. The number of hydrogen-bond donors (Lipinski definition) is 1. The molecule has 1 aliphatic carbocycles. The Morgan fingerprint density at radius 1 is 1.08 bits per heavy atom. The van der Waals surface area contributed by atoms with Crippen LogP contribution in [0.1, 0.15) is 59.5 Å². The second-order valence-corrected chi connectivity index (χ2v) is 6.82. The Balaban J connectivity index is 1.56. The summed E-state index contributed by atoms with van der Waals surface area (Å²) in [6, 6.07) is 16.2. The lowest BCUT2D eigenvalue weighted by Crippen LogP contribution is -2.28. The van der Waals surface area contributed by atoms with E-state index in [2.05, 4.69) is 30.4 Å². The van der Waals surface area contributed by atoms with Gasteiger partial charge in [0, 0.05) is 5.39 Å². The fourth-order valence-corrected chi connectivity index (χ4v) is 3.71. The van der Waals surface area contributed by atoms with Crippen molar-refractivity contribution in [1.82, 2.24) is 5.32 Å². The van der Waals surface area contributed by atoms with Crippen LogP contribution < -0.4 is 5.32 Å². The zero-order chi connectivity index (χ0) is 17.2. The van der Waals surface area contributed by atoms with Gasteiger partial charge in [0.25, 0.3) is 5.91 Å². The number of nitrogens with one attached hydrogen (secondary N) is 1. The van der Waals surface area contributed by atoms with Crippen molar-refractivity contribution in [3.05, 3.63) is 71.0 Å². The highest BCUT2D eigenvalue weighted by Gasteiger charge is 2.19. The van der Waals surface area contributed by atoms with E-state index in [1.165, 1.54) is 36.0 Å². The predicted molar refractivity (Wildman–Crippen MR) is 99.8 cm³/mol. The molecular formula is C22H23NO2. The lowest BCUT2D eigenvalue weighted by Gasteiger charge is -2.21. The molecule has 0 radical (unpaired) electrons. The van der Waals surface area contributed by atoms with E-state index in [1.807, 2.05) is 30.3 Å². The van der Waals surface area contributed by atoms with E-state index in [9.17, 15) is 4.79 Å². The summed E-state index contributed by atoms with van der Waals surface area (Å²) in [5.74, 6) is 0.221. The zero-order valence-electron chi connectivity index (χ0n) is 14.5. The maximum absolute atomic E-state index is 12.6. The summed E-state index contributed by atoms with van der Waals surface area (Å²) in [5, 5.41) is 4.09. The molecule has 3 aromatic rings. The smallest absolute Gasteiger partial charge is 0.287 e. The van der Waals surface area contributed by atoms with Crippen LogP contribution in [0.5, 0.6) is 0 Å². The monoisotopic (exact) mass is 333 g/mol. The van der Waals surface area contributed by atoms with Crippen LogP contribution in [0.2, 0.25) is 0 Å². The quantitative estimate of drug-likeness (QED) is 0.713. The molecule has 0 spiro atoms. The highest BCUT2D eigenvalue weighted by molar-refractivity contribution is 5.96. The number of rotatable bonds is 4. The van der Waals surface area contributed by atoms with Gasteiger partial charge < -0.3 is 9.73 Å². The number of carbonyl (C=O) groups is 1. The molecule has 1 heterocycles. The van der Waals surface area contributed by atoms with Gasteiger partial charge in [0.1, 0.15) is 5.58 Å². The van der Waals surface area contributed by atoms with Gasteiger partial charge >= 0.3 is 0 Å². The molecule has 1 aromatic heterocycles. The van der Waals surface area contributed by atoms with Crippen LogP contribution >= 0.6 is 0 Å². The molecule has 4 rings (SSSR count). The second kappa shape index (κ2) is 6.75. The van der Waals surface area contributed by atoms with Crippen LogP contribution in [0.25, 0.3) is 11.0 Å². The third-order valence-corrected chi connectivity index (χ3v) is 5.14. The van der Waals surface area contributed by atoms with Crippen molar-refractivity contribution in [3.63, 3.8) is 0 Å². The maximum Gasteiger partial charge on any atom is 0.287 e. The number of para-hydroxylation sites is 1. The van der Waals surface area contributed by atoms with Crippen LogP contribution in [-0.4, -0.2) is 5.91 Å². The molecule has 1 aliphatic rings. The standard InChI is InChI=1S/C22H23NO2/c1-2-19(17-12-11-15-7-3-4-8-16(15)13-17)23-22(24)21-14-18-9-5-6-10-20(18)25-21/h5-6,9-14,19H,2-4,7-8H2,1H3,(H,23,24)/t19-/m0/s1.